The van der Waals surface area contributed by atoms with Crippen molar-refractivity contribution < 1.29 is 9.47 Å². The average Bonchev–Trinajstić information content (AvgIpc) is 2.48. The minimum Gasteiger partial charge on any atom is -0.347 e. The molecule has 2 heteroatoms. The van der Waals surface area contributed by atoms with Crippen LogP contribution in [0.1, 0.15) is 26.7 Å². The molecular weight excluding hydrogens is 152 g/mol. The van der Waals surface area contributed by atoms with Gasteiger partial charge in [0.15, 0.2) is 5.79 Å². The molecule has 2 aliphatic rings. The first kappa shape index (κ1) is 8.27. The van der Waals surface area contributed by atoms with Crippen molar-refractivity contribution in [2.24, 2.45) is 5.92 Å². The van der Waals surface area contributed by atoms with Gasteiger partial charge in [0.2, 0.25) is 0 Å². The highest BCUT2D eigenvalue weighted by Gasteiger charge is 2.42. The minimum atomic E-state index is -0.264. The molecule has 0 amide bonds. The maximum atomic E-state index is 5.68. The molecule has 1 heterocycles. The number of hydrogen-bond acceptors (Lipinski definition) is 2. The van der Waals surface area contributed by atoms with Crippen molar-refractivity contribution in [3.8, 4) is 0 Å². The van der Waals surface area contributed by atoms with Crippen LogP contribution in [0.4, 0.5) is 0 Å². The van der Waals surface area contributed by atoms with Crippen LogP contribution in [-0.2, 0) is 9.47 Å². The molecule has 68 valence electrons. The zero-order valence-corrected chi connectivity index (χ0v) is 7.80. The highest BCUT2D eigenvalue weighted by atomic mass is 16.7. The Bertz CT molecular complexity index is 202. The van der Waals surface area contributed by atoms with Crippen LogP contribution in [0.3, 0.4) is 0 Å². The lowest BCUT2D eigenvalue weighted by molar-refractivity contribution is -0.191. The normalized spacial score (nSPS) is 33.8. The Balaban J connectivity index is 2.16. The average molecular weight is 168 g/mol. The van der Waals surface area contributed by atoms with E-state index in [2.05, 4.69) is 19.9 Å². The van der Waals surface area contributed by atoms with Gasteiger partial charge in [0.1, 0.15) is 0 Å². The quantitative estimate of drug-likeness (QED) is 0.516. The second kappa shape index (κ2) is 2.86. The SMILES string of the molecule is CC1=CCC2(OCCO2)C(C)C1. The zero-order valence-electron chi connectivity index (χ0n) is 7.80. The van der Waals surface area contributed by atoms with Crippen molar-refractivity contribution in [1.29, 1.82) is 0 Å². The lowest BCUT2D eigenvalue weighted by atomic mass is 9.85. The molecule has 1 atom stereocenters. The van der Waals surface area contributed by atoms with E-state index in [0.29, 0.717) is 5.92 Å². The van der Waals surface area contributed by atoms with Gasteiger partial charge in [0, 0.05) is 12.3 Å². The summed E-state index contributed by atoms with van der Waals surface area (Å²) in [6, 6.07) is 0. The van der Waals surface area contributed by atoms with Gasteiger partial charge in [-0.05, 0) is 13.3 Å². The van der Waals surface area contributed by atoms with Gasteiger partial charge in [0.05, 0.1) is 13.2 Å². The predicted molar refractivity (Wildman–Crippen MR) is 46.8 cm³/mol. The summed E-state index contributed by atoms with van der Waals surface area (Å²) in [5.41, 5.74) is 1.47. The molecule has 1 unspecified atom stereocenters. The first-order valence-electron chi connectivity index (χ1n) is 4.66. The fourth-order valence-corrected chi connectivity index (χ4v) is 2.11. The van der Waals surface area contributed by atoms with Gasteiger partial charge < -0.3 is 9.47 Å². The zero-order chi connectivity index (χ0) is 8.60. The second-order valence-corrected chi connectivity index (χ2v) is 3.87. The summed E-state index contributed by atoms with van der Waals surface area (Å²) >= 11 is 0. The highest BCUT2D eigenvalue weighted by Crippen LogP contribution is 2.39. The second-order valence-electron chi connectivity index (χ2n) is 3.87. The Morgan fingerprint density at radius 3 is 2.67 bits per heavy atom. The Kier molecular flexibility index (Phi) is 1.97. The van der Waals surface area contributed by atoms with Crippen LogP contribution in [0.2, 0.25) is 0 Å². The molecular formula is C10H16O2. The number of hydrogen-bond donors (Lipinski definition) is 0. The molecule has 0 N–H and O–H groups in total. The molecule has 1 aliphatic heterocycles. The Morgan fingerprint density at radius 1 is 1.42 bits per heavy atom. The van der Waals surface area contributed by atoms with E-state index in [1.54, 1.807) is 0 Å². The summed E-state index contributed by atoms with van der Waals surface area (Å²) in [7, 11) is 0. The van der Waals surface area contributed by atoms with Crippen molar-refractivity contribution in [1.82, 2.24) is 0 Å². The summed E-state index contributed by atoms with van der Waals surface area (Å²) < 4.78 is 11.4. The lowest BCUT2D eigenvalue weighted by Gasteiger charge is -2.36. The van der Waals surface area contributed by atoms with Crippen LogP contribution in [0.15, 0.2) is 11.6 Å². The minimum absolute atomic E-state index is 0.264. The van der Waals surface area contributed by atoms with Crippen molar-refractivity contribution in [3.05, 3.63) is 11.6 Å². The summed E-state index contributed by atoms with van der Waals surface area (Å²) in [6.07, 6.45) is 4.28. The molecule has 1 aliphatic carbocycles. The lowest BCUT2D eigenvalue weighted by Crippen LogP contribution is -2.39. The summed E-state index contributed by atoms with van der Waals surface area (Å²) in [4.78, 5) is 0. The molecule has 0 saturated carbocycles. The topological polar surface area (TPSA) is 18.5 Å². The molecule has 1 saturated heterocycles. The van der Waals surface area contributed by atoms with Gasteiger partial charge in [-0.15, -0.1) is 0 Å². The maximum Gasteiger partial charge on any atom is 0.174 e. The summed E-state index contributed by atoms with van der Waals surface area (Å²) in [5.74, 6) is 0.240. The largest absolute Gasteiger partial charge is 0.347 e. The van der Waals surface area contributed by atoms with Crippen molar-refractivity contribution >= 4 is 0 Å². The van der Waals surface area contributed by atoms with E-state index in [4.69, 9.17) is 9.47 Å². The van der Waals surface area contributed by atoms with Crippen LogP contribution >= 0.6 is 0 Å². The van der Waals surface area contributed by atoms with E-state index in [1.165, 1.54) is 5.57 Å². The molecule has 1 fully saturated rings. The van der Waals surface area contributed by atoms with E-state index >= 15 is 0 Å². The van der Waals surface area contributed by atoms with Gasteiger partial charge in [0.25, 0.3) is 0 Å². The van der Waals surface area contributed by atoms with E-state index in [1.807, 2.05) is 0 Å². The number of rotatable bonds is 0. The molecule has 12 heavy (non-hydrogen) atoms. The molecule has 0 aromatic rings. The summed E-state index contributed by atoms with van der Waals surface area (Å²) in [5, 5.41) is 0. The monoisotopic (exact) mass is 168 g/mol. The van der Waals surface area contributed by atoms with Crippen LogP contribution in [0.5, 0.6) is 0 Å². The number of ether oxygens (including phenoxy) is 2. The van der Waals surface area contributed by atoms with Crippen LogP contribution in [0, 0.1) is 5.92 Å². The Morgan fingerprint density at radius 2 is 2.08 bits per heavy atom. The molecule has 2 nitrogen and oxygen atoms in total. The summed E-state index contributed by atoms with van der Waals surface area (Å²) in [6.45, 7) is 5.91. The molecule has 2 rings (SSSR count). The Hall–Kier alpha value is -0.340. The van der Waals surface area contributed by atoms with E-state index < -0.39 is 0 Å². The van der Waals surface area contributed by atoms with Gasteiger partial charge in [-0.2, -0.15) is 0 Å². The van der Waals surface area contributed by atoms with E-state index in [-0.39, 0.29) is 5.79 Å². The predicted octanol–water partition coefficient (Wildman–Crippen LogP) is 2.11. The molecule has 0 aromatic heterocycles. The first-order chi connectivity index (χ1) is 5.73. The van der Waals surface area contributed by atoms with Crippen molar-refractivity contribution in [2.75, 3.05) is 13.2 Å². The van der Waals surface area contributed by atoms with Crippen LogP contribution in [-0.4, -0.2) is 19.0 Å². The van der Waals surface area contributed by atoms with Crippen LogP contribution < -0.4 is 0 Å². The Labute approximate surface area is 73.5 Å². The third kappa shape index (κ3) is 1.19. The smallest absolute Gasteiger partial charge is 0.174 e. The molecule has 0 bridgehead atoms. The first-order valence-corrected chi connectivity index (χ1v) is 4.66. The van der Waals surface area contributed by atoms with E-state index in [9.17, 15) is 0 Å². The highest BCUT2D eigenvalue weighted by molar-refractivity contribution is 5.09. The molecule has 0 radical (unpaired) electrons. The van der Waals surface area contributed by atoms with Gasteiger partial charge in [-0.1, -0.05) is 18.6 Å². The van der Waals surface area contributed by atoms with E-state index in [0.717, 1.165) is 26.1 Å². The van der Waals surface area contributed by atoms with Crippen molar-refractivity contribution in [2.45, 2.75) is 32.5 Å². The third-order valence-corrected chi connectivity index (χ3v) is 2.89. The van der Waals surface area contributed by atoms with Crippen LogP contribution in [0.25, 0.3) is 0 Å². The molecule has 0 aromatic carbocycles. The fourth-order valence-electron chi connectivity index (χ4n) is 2.11. The fraction of sp³-hybridized carbons (Fsp3) is 0.800. The molecule has 1 spiro atoms. The van der Waals surface area contributed by atoms with Gasteiger partial charge >= 0.3 is 0 Å². The number of allylic oxidation sites excluding steroid dienone is 1. The van der Waals surface area contributed by atoms with Gasteiger partial charge in [-0.25, -0.2) is 0 Å². The maximum absolute atomic E-state index is 5.68. The van der Waals surface area contributed by atoms with Crippen molar-refractivity contribution in [3.63, 3.8) is 0 Å². The standard InChI is InChI=1S/C10H16O2/c1-8-3-4-10(9(2)7-8)11-5-6-12-10/h3,9H,4-7H2,1-2H3. The third-order valence-electron chi connectivity index (χ3n) is 2.89. The van der Waals surface area contributed by atoms with Gasteiger partial charge in [-0.3, -0.25) is 0 Å².